The highest BCUT2D eigenvalue weighted by Gasteiger charge is 2.44. The third-order valence-electron chi connectivity index (χ3n) is 14.1. The van der Waals surface area contributed by atoms with Gasteiger partial charge in [0.15, 0.2) is 6.23 Å². The van der Waals surface area contributed by atoms with Crippen LogP contribution in [0.5, 0.6) is 11.5 Å². The van der Waals surface area contributed by atoms with E-state index in [1.54, 1.807) is 30.3 Å². The number of H-pyrrole nitrogens is 1. The Balaban J connectivity index is 0.810. The van der Waals surface area contributed by atoms with E-state index in [2.05, 4.69) is 66.0 Å². The lowest BCUT2D eigenvalue weighted by Crippen LogP contribution is -2.34. The Morgan fingerprint density at radius 2 is 1.65 bits per heavy atom. The Hall–Kier alpha value is -9.06. The van der Waals surface area contributed by atoms with E-state index in [0.717, 1.165) is 38.3 Å². The highest BCUT2D eigenvalue weighted by molar-refractivity contribution is 7.66. The van der Waals surface area contributed by atoms with Crippen LogP contribution in [0.2, 0.25) is 0 Å². The second-order valence-corrected chi connectivity index (χ2v) is 25.6. The number of benzene rings is 4. The van der Waals surface area contributed by atoms with Crippen LogP contribution in [0.3, 0.4) is 0 Å². The molecular weight excluding hydrogens is 1350 g/mol. The Kier molecular flexibility index (Phi) is 28.0. The number of Topliss-reactive ketones (excluding diaryl/α,β-unsaturated/α-hetero) is 1. The van der Waals surface area contributed by atoms with Crippen molar-refractivity contribution in [3.8, 4) is 45.8 Å². The number of nitrogens with one attached hydrogen (secondary N) is 4. The van der Waals surface area contributed by atoms with Gasteiger partial charge in [-0.1, -0.05) is 28.1 Å². The van der Waals surface area contributed by atoms with Crippen LogP contribution in [0.25, 0.3) is 54.3 Å². The largest absolute Gasteiger partial charge is 0.494 e. The topological polar surface area (TPSA) is 518 Å². The van der Waals surface area contributed by atoms with Gasteiger partial charge in [0.1, 0.15) is 66.5 Å². The van der Waals surface area contributed by atoms with Gasteiger partial charge in [-0.25, -0.2) is 23.3 Å². The smallest absolute Gasteiger partial charge is 0.490 e. The number of fused-ring (bicyclic) bond motifs is 2. The molecule has 0 bridgehead atoms. The van der Waals surface area contributed by atoms with Crippen LogP contribution in [0, 0.1) is 25.7 Å². The minimum absolute atomic E-state index is 0.0406. The summed E-state index contributed by atoms with van der Waals surface area (Å²) >= 11 is 0. The first-order chi connectivity index (χ1) is 46.7. The third kappa shape index (κ3) is 22.8. The molecule has 3 heterocycles. The van der Waals surface area contributed by atoms with Gasteiger partial charge >= 0.3 is 35.1 Å². The quantitative estimate of drug-likeness (QED) is 0.00355. The van der Waals surface area contributed by atoms with Gasteiger partial charge in [0.05, 0.1) is 50.0 Å². The fourth-order valence-corrected chi connectivity index (χ4v) is 12.8. The Labute approximate surface area is 556 Å². The summed E-state index contributed by atoms with van der Waals surface area (Å²) in [6.07, 6.45) is -3.27. The molecule has 0 radical (unpaired) electrons. The van der Waals surface area contributed by atoms with Gasteiger partial charge in [0, 0.05) is 100 Å². The van der Waals surface area contributed by atoms with Crippen molar-refractivity contribution in [3.63, 3.8) is 0 Å². The molecule has 2 aliphatic heterocycles. The van der Waals surface area contributed by atoms with Crippen LogP contribution in [0.15, 0.2) is 102 Å². The van der Waals surface area contributed by atoms with Crippen molar-refractivity contribution >= 4 is 63.7 Å². The maximum atomic E-state index is 13.1. The molecule has 7 rings (SSSR count). The van der Waals surface area contributed by atoms with Gasteiger partial charge in [0.2, 0.25) is 5.91 Å². The number of carbonyl (C=O) groups excluding carboxylic acids is 3. The molecule has 1 aliphatic carbocycles. The van der Waals surface area contributed by atoms with Crippen molar-refractivity contribution in [1.82, 2.24) is 20.2 Å². The molecule has 6 unspecified atom stereocenters. The van der Waals surface area contributed by atoms with Crippen molar-refractivity contribution in [1.29, 1.82) is 0 Å². The lowest BCUT2D eigenvalue weighted by atomic mass is 9.89. The number of nitrogens with zero attached hydrogens (tertiary/aromatic N) is 8. The van der Waals surface area contributed by atoms with Crippen LogP contribution in [0.4, 0.5) is 5.69 Å². The molecular formula is C59H69N12O24P3. The van der Waals surface area contributed by atoms with E-state index < -0.39 is 97.1 Å². The molecule has 2 amide bonds. The molecule has 3 aliphatic rings. The Morgan fingerprint density at radius 1 is 0.878 bits per heavy atom. The summed E-state index contributed by atoms with van der Waals surface area (Å²) in [7, 11) is -17.2. The van der Waals surface area contributed by atoms with Crippen molar-refractivity contribution in [2.75, 3.05) is 77.9 Å². The molecule has 0 spiro atoms. The van der Waals surface area contributed by atoms with Gasteiger partial charge < -0.3 is 73.5 Å². The summed E-state index contributed by atoms with van der Waals surface area (Å²) in [6, 6.07) is 18.7. The van der Waals surface area contributed by atoms with E-state index in [1.165, 1.54) is 12.1 Å². The van der Waals surface area contributed by atoms with Crippen LogP contribution in [-0.2, 0) is 55.4 Å². The number of phosphoric ester groups is 1. The molecule has 524 valence electrons. The average Bonchev–Trinajstić information content (AvgIpc) is 0.870. The zero-order valence-electron chi connectivity index (χ0n) is 53.0. The van der Waals surface area contributed by atoms with E-state index in [0.29, 0.717) is 59.7 Å². The number of anilines is 1. The number of ether oxygens (including phenoxy) is 6. The molecule has 4 aromatic rings. The minimum atomic E-state index is -5.87. The number of aromatic carboxylic acids is 1. The van der Waals surface area contributed by atoms with Crippen molar-refractivity contribution in [3.05, 3.63) is 148 Å². The number of carbonyl (C=O) groups is 4. The summed E-state index contributed by atoms with van der Waals surface area (Å²) in [5.74, 6) is 3.97. The maximum Gasteiger partial charge on any atom is 0.490 e. The van der Waals surface area contributed by atoms with Gasteiger partial charge in [-0.15, -0.1) is 0 Å². The number of aromatic amines is 1. The number of phosphoric acid groups is 3. The summed E-state index contributed by atoms with van der Waals surface area (Å²) in [4.78, 5) is 126. The normalized spacial score (nSPS) is 16.1. The van der Waals surface area contributed by atoms with E-state index in [-0.39, 0.29) is 87.0 Å². The second-order valence-electron chi connectivity index (χ2n) is 21.2. The van der Waals surface area contributed by atoms with Crippen LogP contribution in [0.1, 0.15) is 89.6 Å². The first-order valence-electron chi connectivity index (χ1n) is 29.9. The van der Waals surface area contributed by atoms with E-state index >= 15 is 0 Å². The molecule has 39 heteroatoms. The van der Waals surface area contributed by atoms with Gasteiger partial charge in [-0.2, -0.15) is 8.62 Å². The summed E-state index contributed by atoms with van der Waals surface area (Å²) in [5.41, 5.74) is 21.0. The van der Waals surface area contributed by atoms with E-state index in [1.807, 2.05) is 56.9 Å². The number of carboxylic acid groups (broad SMARTS) is 1. The molecule has 36 nitrogen and oxygen atoms in total. The number of aromatic nitrogens is 2. The number of hydrogen-bond donors (Lipinski definition) is 9. The van der Waals surface area contributed by atoms with Crippen LogP contribution >= 0.6 is 23.5 Å². The van der Waals surface area contributed by atoms with Crippen molar-refractivity contribution in [2.24, 2.45) is 15.2 Å². The molecule has 6 atom stereocenters. The zero-order valence-corrected chi connectivity index (χ0v) is 55.6. The number of hydrogen-bond acceptors (Lipinski definition) is 23. The number of ketones is 1. The standard InChI is InChI=1S/C59H69N12O24P3/c1-5-62-46-27-48-44(23-35(46)3)55(45-24-36(4)47(63-6-2)28-49(45)92-48)43-26-41(16-17-42(43)58(76)77)87-20-10-14-39(72)13-9-19-65-56(74)37-11-7-15-40(25-37)89-33-53(68-70-61)88-22-21-86-32-52(73)64-18-8-12-38-30-71(59(78)67-57(38)75)54-29-50(90-34-66-69-60)51(93-54)31-91-97(82,83)95-98(84,85)94-96(79,80)81/h7,11,15-17,23-28,30,50-51,53-54,62H,5-6,9-10,13-14,18-22,29,31-34H2,1-4H3,(H,64,73)(H,65,74)(H,76,77)(H,82,83)(H,84,85)(H,67,75,78)(H2,79,80,81). The lowest BCUT2D eigenvalue weighted by molar-refractivity contribution is -0.126. The fourth-order valence-electron chi connectivity index (χ4n) is 9.80. The van der Waals surface area contributed by atoms with Gasteiger partial charge in [-0.3, -0.25) is 38.2 Å². The zero-order chi connectivity index (χ0) is 71.2. The Morgan fingerprint density at radius 3 is 2.39 bits per heavy atom. The number of rotatable bonds is 37. The third-order valence-corrected chi connectivity index (χ3v) is 17.9. The molecule has 1 fully saturated rings. The number of amides is 2. The summed E-state index contributed by atoms with van der Waals surface area (Å²) in [6.45, 7) is 6.45. The number of carboxylic acids is 1. The molecule has 98 heavy (non-hydrogen) atoms. The van der Waals surface area contributed by atoms with Crippen molar-refractivity contribution < 1.29 is 104 Å². The highest BCUT2D eigenvalue weighted by Crippen LogP contribution is 2.66. The lowest BCUT2D eigenvalue weighted by Gasteiger charge is -2.20. The van der Waals surface area contributed by atoms with Crippen LogP contribution < -0.4 is 42.0 Å². The molecule has 3 aromatic carbocycles. The fraction of sp³-hybridized carbons (Fsp3) is 0.407. The molecule has 0 saturated carbocycles. The maximum absolute atomic E-state index is 13.1. The highest BCUT2D eigenvalue weighted by atomic mass is 31.3. The van der Waals surface area contributed by atoms with Crippen molar-refractivity contribution in [2.45, 2.75) is 84.5 Å². The average molecular weight is 1420 g/mol. The van der Waals surface area contributed by atoms with E-state index in [9.17, 15) is 57.4 Å². The SMILES string of the molecule is CCN=c1cc2oc3cc(NCC)c(C)cc3c(-c3cc(OCCCC(=O)CCCNC(=O)c4cccc(OCC(N=[N+]=[N-])OCCOCC(=O)NCC#Cc5cn(C6CC(OCN=[N+]=[N-])C(COP(=O)(O)OP(=O)(O)OP(=O)(O)O)O6)c(=O)[nH]c5=O)c4)ccc3C(=O)O)c-2cc1C. The van der Waals surface area contributed by atoms with E-state index in [4.69, 9.17) is 53.7 Å². The number of aryl methyl sites for hydroxylation is 2. The van der Waals surface area contributed by atoms with Gasteiger partial charge in [-0.05, 0) is 111 Å². The monoisotopic (exact) mass is 1420 g/mol. The first kappa shape index (κ1) is 76.3. The molecule has 1 aromatic heterocycles. The second kappa shape index (κ2) is 36.0. The molecule has 9 N–H and O–H groups in total. The summed E-state index contributed by atoms with van der Waals surface area (Å²) < 4.78 is 88.2. The minimum Gasteiger partial charge on any atom is -0.494 e. The predicted molar refractivity (Wildman–Crippen MR) is 346 cm³/mol. The van der Waals surface area contributed by atoms with Gasteiger partial charge in [0.25, 0.3) is 11.5 Å². The molecule has 1 saturated heterocycles. The number of azide groups is 2. The summed E-state index contributed by atoms with van der Waals surface area (Å²) in [5, 5.41) is 27.3. The first-order valence-corrected chi connectivity index (χ1v) is 34.4. The van der Waals surface area contributed by atoms with Crippen LogP contribution in [-0.4, -0.2) is 149 Å². The Bertz CT molecular complexity index is 4380. The predicted octanol–water partition coefficient (Wildman–Crippen LogP) is 7.16.